The third kappa shape index (κ3) is 7.06. The van der Waals surface area contributed by atoms with E-state index in [1.807, 2.05) is 12.1 Å². The molecule has 0 bridgehead atoms. The second kappa shape index (κ2) is 14.9. The fourth-order valence-electron chi connectivity index (χ4n) is 4.30. The fourth-order valence-corrected chi connectivity index (χ4v) is 8.34. The summed E-state index contributed by atoms with van der Waals surface area (Å²) < 4.78 is 8.35. The molecule has 0 unspecified atom stereocenters. The van der Waals surface area contributed by atoms with Gasteiger partial charge in [0.05, 0.1) is 14.8 Å². The van der Waals surface area contributed by atoms with Crippen molar-refractivity contribution in [2.75, 3.05) is 6.16 Å². The van der Waals surface area contributed by atoms with Gasteiger partial charge in [-0.25, -0.2) is 0 Å². The van der Waals surface area contributed by atoms with Gasteiger partial charge in [0.15, 0.2) is 0 Å². The second-order valence-corrected chi connectivity index (χ2v) is 11.9. The molecule has 0 radical (unpaired) electrons. The minimum absolute atomic E-state index is 1.08. The van der Waals surface area contributed by atoms with Gasteiger partial charge in [0.2, 0.25) is 0 Å². The highest BCUT2D eigenvalue weighted by Crippen LogP contribution is 2.54. The van der Waals surface area contributed by atoms with E-state index in [0.717, 1.165) is 6.16 Å². The van der Waals surface area contributed by atoms with Gasteiger partial charge >= 0.3 is 0 Å². The largest absolute Gasteiger partial charge is 0.772 e. The van der Waals surface area contributed by atoms with Crippen LogP contribution in [-0.4, -0.2) is 6.16 Å². The molecular weight excluding hydrogens is 478 g/mol. The summed E-state index contributed by atoms with van der Waals surface area (Å²) in [6, 6.07) is 53.8. The van der Waals surface area contributed by atoms with Crippen LogP contribution in [0, 0.1) is 0 Å². The molecular formula is C32H30O2P2. The summed E-state index contributed by atoms with van der Waals surface area (Å²) in [5.41, 5.74) is 2.55. The lowest BCUT2D eigenvalue weighted by atomic mass is 10.1. The first-order chi connectivity index (χ1) is 17.8. The van der Waals surface area contributed by atoms with E-state index in [4.69, 9.17) is 9.46 Å². The second-order valence-electron chi connectivity index (χ2n) is 7.94. The smallest absolute Gasteiger partial charge is 0.111 e. The Labute approximate surface area is 216 Å². The molecule has 0 aliphatic carbocycles. The molecule has 0 aliphatic heterocycles. The molecule has 36 heavy (non-hydrogen) atoms. The lowest BCUT2D eigenvalue weighted by Gasteiger charge is -2.26. The highest BCUT2D eigenvalue weighted by atomic mass is 31.2. The van der Waals surface area contributed by atoms with Crippen LogP contribution >= 0.6 is 15.9 Å². The van der Waals surface area contributed by atoms with Crippen LogP contribution in [0.3, 0.4) is 0 Å². The highest BCUT2D eigenvalue weighted by molar-refractivity contribution is 7.95. The SMILES string of the molecule is CC[P+](c1ccccc1)(c1ccccc1)c1ccccc1.O=P[O-].c1ccc(-c2ccccc2)cc1. The number of rotatable bonds is 5. The van der Waals surface area contributed by atoms with Gasteiger partial charge in [-0.3, -0.25) is 4.57 Å². The van der Waals surface area contributed by atoms with E-state index in [1.165, 1.54) is 27.0 Å². The van der Waals surface area contributed by atoms with Gasteiger partial charge in [0.1, 0.15) is 23.2 Å². The first-order valence-electron chi connectivity index (χ1n) is 11.9. The predicted octanol–water partition coefficient (Wildman–Crippen LogP) is 6.91. The molecule has 0 fully saturated rings. The molecule has 0 aromatic heterocycles. The summed E-state index contributed by atoms with van der Waals surface area (Å²) in [5.74, 6) is 0. The van der Waals surface area contributed by atoms with Gasteiger partial charge < -0.3 is 4.89 Å². The Morgan fingerprint density at radius 1 is 0.500 bits per heavy atom. The Bertz CT molecular complexity index is 1130. The van der Waals surface area contributed by atoms with E-state index in [2.05, 4.69) is 146 Å². The Balaban J connectivity index is 0.000000203. The van der Waals surface area contributed by atoms with Crippen molar-refractivity contribution in [1.29, 1.82) is 0 Å². The van der Waals surface area contributed by atoms with Crippen LogP contribution in [0.15, 0.2) is 152 Å². The maximum atomic E-state index is 8.35. The lowest BCUT2D eigenvalue weighted by Crippen LogP contribution is -2.32. The highest BCUT2D eigenvalue weighted by Gasteiger charge is 2.43. The molecule has 5 rings (SSSR count). The average Bonchev–Trinajstić information content (AvgIpc) is 2.97. The summed E-state index contributed by atoms with van der Waals surface area (Å²) in [6.45, 7) is 2.32. The van der Waals surface area contributed by atoms with E-state index in [1.54, 1.807) is 0 Å². The zero-order chi connectivity index (χ0) is 25.5. The minimum Gasteiger partial charge on any atom is -0.772 e. The van der Waals surface area contributed by atoms with Crippen molar-refractivity contribution in [1.82, 2.24) is 0 Å². The van der Waals surface area contributed by atoms with Gasteiger partial charge in [0.25, 0.3) is 0 Å². The van der Waals surface area contributed by atoms with Crippen LogP contribution in [0.25, 0.3) is 11.1 Å². The number of hydrogen-bond donors (Lipinski definition) is 0. The molecule has 4 heteroatoms. The molecule has 180 valence electrons. The standard InChI is InChI=1S/C20H20P.C12H10.HO2P/c1-2-21(18-12-6-3-7-13-18,19-14-8-4-9-15-19)20-16-10-5-11-17-20;1-3-7-11(8-4-1)12-9-5-2-6-10-12;1-3-2/h3-17H,2H2,1H3;1-10H;(H,1,2)/q+1;;/p-1. The Kier molecular flexibility index (Phi) is 11.2. The van der Waals surface area contributed by atoms with Gasteiger partial charge in [-0.15, -0.1) is 0 Å². The van der Waals surface area contributed by atoms with Crippen LogP contribution in [0.5, 0.6) is 0 Å². The zero-order valence-corrected chi connectivity index (χ0v) is 22.1. The quantitative estimate of drug-likeness (QED) is 0.242. The summed E-state index contributed by atoms with van der Waals surface area (Å²) in [6.07, 6.45) is 1.14. The van der Waals surface area contributed by atoms with Gasteiger partial charge in [-0.1, -0.05) is 115 Å². The third-order valence-electron chi connectivity index (χ3n) is 5.95. The van der Waals surface area contributed by atoms with Crippen LogP contribution in [0.1, 0.15) is 6.92 Å². The van der Waals surface area contributed by atoms with Crippen molar-refractivity contribution in [3.8, 4) is 11.1 Å². The number of hydrogen-bond acceptors (Lipinski definition) is 2. The molecule has 0 saturated carbocycles. The average molecular weight is 509 g/mol. The van der Waals surface area contributed by atoms with Gasteiger partial charge in [-0.2, -0.15) is 0 Å². The minimum atomic E-state index is -1.53. The Morgan fingerprint density at radius 3 is 0.944 bits per heavy atom. The van der Waals surface area contributed by atoms with E-state index in [9.17, 15) is 0 Å². The molecule has 0 amide bonds. The van der Waals surface area contributed by atoms with Crippen molar-refractivity contribution in [3.05, 3.63) is 152 Å². The first kappa shape index (κ1) is 27.2. The van der Waals surface area contributed by atoms with Crippen LogP contribution in [-0.2, 0) is 4.57 Å². The third-order valence-corrected chi connectivity index (χ3v) is 10.4. The molecule has 0 spiro atoms. The maximum Gasteiger partial charge on any atom is 0.111 e. The predicted molar refractivity (Wildman–Crippen MR) is 155 cm³/mol. The number of benzene rings is 5. The zero-order valence-electron chi connectivity index (χ0n) is 20.4. The molecule has 0 heterocycles. The van der Waals surface area contributed by atoms with E-state index in [0.29, 0.717) is 0 Å². The van der Waals surface area contributed by atoms with Gasteiger partial charge in [-0.05, 0) is 54.4 Å². The Morgan fingerprint density at radius 2 is 0.722 bits per heavy atom. The molecule has 0 N–H and O–H groups in total. The van der Waals surface area contributed by atoms with E-state index < -0.39 is 15.9 Å². The van der Waals surface area contributed by atoms with Crippen molar-refractivity contribution in [3.63, 3.8) is 0 Å². The maximum absolute atomic E-state index is 8.35. The molecule has 2 nitrogen and oxygen atoms in total. The normalized spacial score (nSPS) is 10.4. The topological polar surface area (TPSA) is 40.1 Å². The molecule has 0 atom stereocenters. The Hall–Kier alpha value is -3.41. The summed E-state index contributed by atoms with van der Waals surface area (Å²) in [4.78, 5) is 8.35. The van der Waals surface area contributed by atoms with Crippen LogP contribution in [0.4, 0.5) is 0 Å². The molecule has 5 aromatic carbocycles. The molecule has 0 aliphatic rings. The summed E-state index contributed by atoms with van der Waals surface area (Å²) in [5, 5.41) is 4.39. The summed E-state index contributed by atoms with van der Waals surface area (Å²) in [7, 11) is -2.62. The molecule has 0 saturated heterocycles. The van der Waals surface area contributed by atoms with Crippen LogP contribution in [0.2, 0.25) is 0 Å². The van der Waals surface area contributed by atoms with Crippen LogP contribution < -0.4 is 20.8 Å². The van der Waals surface area contributed by atoms with E-state index in [-0.39, 0.29) is 0 Å². The van der Waals surface area contributed by atoms with Crippen molar-refractivity contribution in [2.45, 2.75) is 6.92 Å². The van der Waals surface area contributed by atoms with E-state index >= 15 is 0 Å². The van der Waals surface area contributed by atoms with Gasteiger partial charge in [0, 0.05) is 0 Å². The molecule has 5 aromatic rings. The summed E-state index contributed by atoms with van der Waals surface area (Å²) >= 11 is 0. The van der Waals surface area contributed by atoms with Crippen molar-refractivity contribution < 1.29 is 9.46 Å². The fraction of sp³-hybridized carbons (Fsp3) is 0.0625. The van der Waals surface area contributed by atoms with Crippen molar-refractivity contribution >= 4 is 31.9 Å². The van der Waals surface area contributed by atoms with Crippen molar-refractivity contribution in [2.24, 2.45) is 0 Å². The lowest BCUT2D eigenvalue weighted by molar-refractivity contribution is -0.154. The monoisotopic (exact) mass is 508 g/mol. The first-order valence-corrected chi connectivity index (χ1v) is 14.6.